The Labute approximate surface area is 142 Å². The molecular formula is C16H13N5O4. The molecule has 1 aromatic carbocycles. The molecule has 0 unspecified atom stereocenters. The van der Waals surface area contributed by atoms with Crippen LogP contribution in [0.2, 0.25) is 0 Å². The van der Waals surface area contributed by atoms with Gasteiger partial charge in [0.15, 0.2) is 17.3 Å². The summed E-state index contributed by atoms with van der Waals surface area (Å²) in [7, 11) is 0. The maximum atomic E-state index is 12.2. The zero-order valence-electron chi connectivity index (χ0n) is 13.1. The van der Waals surface area contributed by atoms with Gasteiger partial charge in [-0.2, -0.15) is 0 Å². The van der Waals surface area contributed by atoms with Gasteiger partial charge in [-0.1, -0.05) is 5.16 Å². The van der Waals surface area contributed by atoms with E-state index < -0.39 is 5.91 Å². The number of nitrogens with zero attached hydrogens (tertiary/aromatic N) is 3. The second-order valence-electron chi connectivity index (χ2n) is 5.24. The molecule has 0 radical (unpaired) electrons. The molecule has 0 fully saturated rings. The number of rotatable bonds is 4. The van der Waals surface area contributed by atoms with E-state index in [2.05, 4.69) is 25.8 Å². The summed E-state index contributed by atoms with van der Waals surface area (Å²) in [4.78, 5) is 20.5. The number of hydrogen-bond donors (Lipinski definition) is 2. The van der Waals surface area contributed by atoms with Gasteiger partial charge in [0.25, 0.3) is 5.91 Å². The first-order valence-corrected chi connectivity index (χ1v) is 7.42. The minimum Gasteiger partial charge on any atom is -0.454 e. The van der Waals surface area contributed by atoms with Gasteiger partial charge in [-0.05, 0) is 25.1 Å². The summed E-state index contributed by atoms with van der Waals surface area (Å²) < 4.78 is 15.5. The van der Waals surface area contributed by atoms with Crippen LogP contribution in [0.15, 0.2) is 41.1 Å². The average molecular weight is 339 g/mol. The third-order valence-electron chi connectivity index (χ3n) is 3.39. The van der Waals surface area contributed by atoms with E-state index in [4.69, 9.17) is 14.0 Å². The van der Waals surface area contributed by atoms with Gasteiger partial charge in [0.1, 0.15) is 11.5 Å². The average Bonchev–Trinajstić information content (AvgIpc) is 3.23. The van der Waals surface area contributed by atoms with Gasteiger partial charge < -0.3 is 24.6 Å². The lowest BCUT2D eigenvalue weighted by molar-refractivity contribution is 0.102. The molecule has 1 aliphatic heterocycles. The van der Waals surface area contributed by atoms with Crippen LogP contribution in [-0.2, 0) is 0 Å². The van der Waals surface area contributed by atoms with Crippen molar-refractivity contribution < 1.29 is 18.8 Å². The third-order valence-corrected chi connectivity index (χ3v) is 3.39. The minimum atomic E-state index is -0.413. The Balaban J connectivity index is 1.50. The number of fused-ring (bicyclic) bond motifs is 1. The molecule has 0 saturated heterocycles. The van der Waals surface area contributed by atoms with Crippen LogP contribution in [-0.4, -0.2) is 27.8 Å². The molecule has 25 heavy (non-hydrogen) atoms. The zero-order chi connectivity index (χ0) is 17.2. The lowest BCUT2D eigenvalue weighted by Crippen LogP contribution is -2.15. The van der Waals surface area contributed by atoms with Crippen molar-refractivity contribution in [2.45, 2.75) is 6.92 Å². The summed E-state index contributed by atoms with van der Waals surface area (Å²) in [6.07, 6.45) is 1.49. The van der Waals surface area contributed by atoms with Crippen molar-refractivity contribution in [2.75, 3.05) is 17.4 Å². The highest BCUT2D eigenvalue weighted by atomic mass is 16.7. The molecule has 2 aromatic heterocycles. The van der Waals surface area contributed by atoms with E-state index in [1.807, 2.05) is 6.07 Å². The predicted molar refractivity (Wildman–Crippen MR) is 87.1 cm³/mol. The molecule has 3 heterocycles. The van der Waals surface area contributed by atoms with E-state index in [1.165, 1.54) is 12.3 Å². The van der Waals surface area contributed by atoms with Crippen molar-refractivity contribution in [1.29, 1.82) is 0 Å². The normalized spacial score (nSPS) is 12.0. The van der Waals surface area contributed by atoms with Crippen molar-refractivity contribution in [3.05, 3.63) is 48.0 Å². The number of carbonyl (C=O) groups is 1. The second-order valence-corrected chi connectivity index (χ2v) is 5.24. The lowest BCUT2D eigenvalue weighted by atomic mass is 10.3. The first-order chi connectivity index (χ1) is 12.2. The van der Waals surface area contributed by atoms with Gasteiger partial charge >= 0.3 is 0 Å². The standard InChI is InChI=1S/C16H13N5O4/c1-9-6-14(21-25-9)20-15(22)11-4-5-17-16(19-11)18-10-2-3-12-13(7-10)24-8-23-12/h2-7H,8H2,1H3,(H,17,18,19)(H,20,21,22). The van der Waals surface area contributed by atoms with E-state index in [0.29, 0.717) is 28.8 Å². The summed E-state index contributed by atoms with van der Waals surface area (Å²) in [5.74, 6) is 2.12. The topological polar surface area (TPSA) is 111 Å². The molecule has 126 valence electrons. The lowest BCUT2D eigenvalue weighted by Gasteiger charge is -2.07. The highest BCUT2D eigenvalue weighted by Gasteiger charge is 2.15. The molecule has 0 bridgehead atoms. The van der Waals surface area contributed by atoms with Crippen molar-refractivity contribution in [1.82, 2.24) is 15.1 Å². The molecule has 1 amide bonds. The summed E-state index contributed by atoms with van der Waals surface area (Å²) in [5.41, 5.74) is 0.910. The fourth-order valence-corrected chi connectivity index (χ4v) is 2.25. The summed E-state index contributed by atoms with van der Waals surface area (Å²) in [6, 6.07) is 8.49. The van der Waals surface area contributed by atoms with Crippen LogP contribution in [0.4, 0.5) is 17.5 Å². The Morgan fingerprint density at radius 2 is 2.04 bits per heavy atom. The second kappa shape index (κ2) is 6.11. The Kier molecular flexibility index (Phi) is 3.65. The fraction of sp³-hybridized carbons (Fsp3) is 0.125. The molecule has 0 saturated carbocycles. The zero-order valence-corrected chi connectivity index (χ0v) is 13.1. The number of amides is 1. The van der Waals surface area contributed by atoms with E-state index in [0.717, 1.165) is 0 Å². The predicted octanol–water partition coefficient (Wildman–Crippen LogP) is 2.50. The van der Waals surface area contributed by atoms with Gasteiger partial charge in [0.2, 0.25) is 12.7 Å². The van der Waals surface area contributed by atoms with Gasteiger partial charge in [-0.3, -0.25) is 4.79 Å². The quantitative estimate of drug-likeness (QED) is 0.746. The van der Waals surface area contributed by atoms with E-state index >= 15 is 0 Å². The number of anilines is 3. The third kappa shape index (κ3) is 3.20. The number of ether oxygens (including phenoxy) is 2. The van der Waals surface area contributed by atoms with Crippen LogP contribution in [0.5, 0.6) is 11.5 Å². The van der Waals surface area contributed by atoms with Crippen LogP contribution >= 0.6 is 0 Å². The highest BCUT2D eigenvalue weighted by Crippen LogP contribution is 2.34. The van der Waals surface area contributed by atoms with Crippen LogP contribution in [0.25, 0.3) is 0 Å². The first-order valence-electron chi connectivity index (χ1n) is 7.42. The summed E-state index contributed by atoms with van der Waals surface area (Å²) >= 11 is 0. The smallest absolute Gasteiger partial charge is 0.275 e. The maximum absolute atomic E-state index is 12.2. The number of nitrogens with one attached hydrogen (secondary N) is 2. The molecule has 9 nitrogen and oxygen atoms in total. The Bertz CT molecular complexity index is 940. The molecule has 4 rings (SSSR count). The first kappa shape index (κ1) is 14.9. The SMILES string of the molecule is Cc1cc(NC(=O)c2ccnc(Nc3ccc4c(c3)OCO4)n2)no1. The van der Waals surface area contributed by atoms with Crippen LogP contribution in [0, 0.1) is 6.92 Å². The molecule has 1 aliphatic rings. The van der Waals surface area contributed by atoms with E-state index in [1.54, 1.807) is 25.1 Å². The van der Waals surface area contributed by atoms with E-state index in [-0.39, 0.29) is 18.4 Å². The number of hydrogen-bond acceptors (Lipinski definition) is 8. The summed E-state index contributed by atoms with van der Waals surface area (Å²) in [6.45, 7) is 1.94. The number of carbonyl (C=O) groups excluding carboxylic acids is 1. The number of aryl methyl sites for hydroxylation is 1. The fourth-order valence-electron chi connectivity index (χ4n) is 2.25. The van der Waals surface area contributed by atoms with Crippen molar-refractivity contribution in [3.8, 4) is 11.5 Å². The molecule has 0 aliphatic carbocycles. The van der Waals surface area contributed by atoms with Crippen molar-refractivity contribution in [2.24, 2.45) is 0 Å². The molecule has 9 heteroatoms. The van der Waals surface area contributed by atoms with Gasteiger partial charge in [0, 0.05) is 24.0 Å². The Morgan fingerprint density at radius 3 is 2.88 bits per heavy atom. The van der Waals surface area contributed by atoms with Gasteiger partial charge in [0.05, 0.1) is 0 Å². The monoisotopic (exact) mass is 339 g/mol. The summed E-state index contributed by atoms with van der Waals surface area (Å²) in [5, 5.41) is 9.34. The Morgan fingerprint density at radius 1 is 1.16 bits per heavy atom. The largest absolute Gasteiger partial charge is 0.454 e. The molecule has 0 spiro atoms. The number of aromatic nitrogens is 3. The molecule has 0 atom stereocenters. The van der Waals surface area contributed by atoms with Crippen LogP contribution < -0.4 is 20.1 Å². The van der Waals surface area contributed by atoms with Crippen molar-refractivity contribution in [3.63, 3.8) is 0 Å². The molecule has 3 aromatic rings. The maximum Gasteiger partial charge on any atom is 0.275 e. The highest BCUT2D eigenvalue weighted by molar-refractivity contribution is 6.02. The van der Waals surface area contributed by atoms with Crippen LogP contribution in [0.3, 0.4) is 0 Å². The minimum absolute atomic E-state index is 0.193. The number of benzene rings is 1. The molecular weight excluding hydrogens is 326 g/mol. The Hall–Kier alpha value is -3.62. The van der Waals surface area contributed by atoms with E-state index in [9.17, 15) is 4.79 Å². The van der Waals surface area contributed by atoms with Crippen LogP contribution in [0.1, 0.15) is 16.2 Å². The van der Waals surface area contributed by atoms with Gasteiger partial charge in [-0.25, -0.2) is 9.97 Å². The van der Waals surface area contributed by atoms with Crippen molar-refractivity contribution >= 4 is 23.4 Å². The van der Waals surface area contributed by atoms with Gasteiger partial charge in [-0.15, -0.1) is 0 Å². The molecule has 2 N–H and O–H groups in total.